The van der Waals surface area contributed by atoms with Crippen molar-refractivity contribution in [2.45, 2.75) is 20.3 Å². The molecule has 1 unspecified atom stereocenters. The molecule has 0 saturated carbocycles. The van der Waals surface area contributed by atoms with Crippen LogP contribution in [0.3, 0.4) is 0 Å². The van der Waals surface area contributed by atoms with E-state index in [0.717, 1.165) is 13.0 Å². The van der Waals surface area contributed by atoms with Gasteiger partial charge in [0.15, 0.2) is 0 Å². The molecular weight excluding hydrogens is 168 g/mol. The minimum atomic E-state index is 0.602. The third-order valence-electron chi connectivity index (χ3n) is 2.19. The molecule has 0 radical (unpaired) electrons. The monoisotopic (exact) mass is 184 g/mol. The van der Waals surface area contributed by atoms with Crippen molar-refractivity contribution in [3.05, 3.63) is 16.6 Å². The van der Waals surface area contributed by atoms with Crippen molar-refractivity contribution in [3.8, 4) is 0 Å². The van der Waals surface area contributed by atoms with Crippen molar-refractivity contribution in [2.24, 2.45) is 17.6 Å². The number of thiazole rings is 1. The third-order valence-corrected chi connectivity index (χ3v) is 2.99. The van der Waals surface area contributed by atoms with Crippen molar-refractivity contribution in [2.75, 3.05) is 6.54 Å². The van der Waals surface area contributed by atoms with Crippen LogP contribution < -0.4 is 5.73 Å². The molecule has 1 rings (SSSR count). The molecule has 0 aliphatic carbocycles. The number of hydrogen-bond acceptors (Lipinski definition) is 3. The van der Waals surface area contributed by atoms with E-state index >= 15 is 0 Å². The van der Waals surface area contributed by atoms with E-state index in [1.807, 2.05) is 11.7 Å². The first-order valence-electron chi connectivity index (χ1n) is 4.31. The molecule has 0 spiro atoms. The molecule has 2 nitrogen and oxygen atoms in total. The van der Waals surface area contributed by atoms with Gasteiger partial charge in [0, 0.05) is 11.1 Å². The zero-order valence-corrected chi connectivity index (χ0v) is 8.47. The lowest BCUT2D eigenvalue weighted by Gasteiger charge is -2.17. The molecule has 12 heavy (non-hydrogen) atoms. The standard InChI is InChI=1S/C9H16N2S/c1-7(2)8(4-10)3-9-5-11-6-12-9/h5-8H,3-4,10H2,1-2H3. The van der Waals surface area contributed by atoms with Gasteiger partial charge in [0.2, 0.25) is 0 Å². The van der Waals surface area contributed by atoms with Crippen molar-refractivity contribution >= 4 is 11.3 Å². The lowest BCUT2D eigenvalue weighted by Crippen LogP contribution is -2.21. The highest BCUT2D eigenvalue weighted by Gasteiger charge is 2.12. The molecule has 1 atom stereocenters. The lowest BCUT2D eigenvalue weighted by molar-refractivity contribution is 0.394. The summed E-state index contributed by atoms with van der Waals surface area (Å²) in [6.07, 6.45) is 3.02. The van der Waals surface area contributed by atoms with Gasteiger partial charge in [-0.25, -0.2) is 0 Å². The average Bonchev–Trinajstić information content (AvgIpc) is 2.51. The van der Waals surface area contributed by atoms with E-state index < -0.39 is 0 Å². The predicted octanol–water partition coefficient (Wildman–Crippen LogP) is 1.92. The molecular formula is C9H16N2S. The summed E-state index contributed by atoms with van der Waals surface area (Å²) in [5.74, 6) is 1.27. The number of rotatable bonds is 4. The van der Waals surface area contributed by atoms with E-state index in [4.69, 9.17) is 5.73 Å². The van der Waals surface area contributed by atoms with Crippen LogP contribution in [0.2, 0.25) is 0 Å². The first kappa shape index (κ1) is 9.68. The minimum absolute atomic E-state index is 0.602. The van der Waals surface area contributed by atoms with Crippen LogP contribution in [0.4, 0.5) is 0 Å². The van der Waals surface area contributed by atoms with E-state index in [2.05, 4.69) is 18.8 Å². The van der Waals surface area contributed by atoms with Gasteiger partial charge < -0.3 is 5.73 Å². The van der Waals surface area contributed by atoms with E-state index in [-0.39, 0.29) is 0 Å². The summed E-state index contributed by atoms with van der Waals surface area (Å²) in [7, 11) is 0. The highest BCUT2D eigenvalue weighted by atomic mass is 32.1. The Morgan fingerprint density at radius 2 is 2.33 bits per heavy atom. The lowest BCUT2D eigenvalue weighted by atomic mass is 9.92. The molecule has 0 aromatic carbocycles. The fourth-order valence-electron chi connectivity index (χ4n) is 1.19. The first-order chi connectivity index (χ1) is 5.74. The highest BCUT2D eigenvalue weighted by Crippen LogP contribution is 2.18. The average molecular weight is 184 g/mol. The zero-order chi connectivity index (χ0) is 8.97. The summed E-state index contributed by atoms with van der Waals surface area (Å²) < 4.78 is 0. The number of aromatic nitrogens is 1. The molecule has 1 aromatic rings. The Bertz CT molecular complexity index is 206. The fraction of sp³-hybridized carbons (Fsp3) is 0.667. The van der Waals surface area contributed by atoms with Gasteiger partial charge in [-0.1, -0.05) is 13.8 Å². The number of nitrogens with zero attached hydrogens (tertiary/aromatic N) is 1. The van der Waals surface area contributed by atoms with Gasteiger partial charge in [-0.3, -0.25) is 4.98 Å². The van der Waals surface area contributed by atoms with E-state index in [1.54, 1.807) is 11.3 Å². The summed E-state index contributed by atoms with van der Waals surface area (Å²) in [4.78, 5) is 5.39. The Kier molecular flexibility index (Phi) is 3.69. The molecule has 1 aromatic heterocycles. The Hall–Kier alpha value is -0.410. The summed E-state index contributed by atoms with van der Waals surface area (Å²) in [6.45, 7) is 5.21. The van der Waals surface area contributed by atoms with Crippen LogP contribution in [0.15, 0.2) is 11.7 Å². The van der Waals surface area contributed by atoms with Crippen molar-refractivity contribution < 1.29 is 0 Å². The maximum Gasteiger partial charge on any atom is 0.0794 e. The topological polar surface area (TPSA) is 38.9 Å². The minimum Gasteiger partial charge on any atom is -0.330 e. The van der Waals surface area contributed by atoms with Crippen LogP contribution >= 0.6 is 11.3 Å². The van der Waals surface area contributed by atoms with Crippen LogP contribution in [0.1, 0.15) is 18.7 Å². The molecule has 0 bridgehead atoms. The fourth-order valence-corrected chi connectivity index (χ4v) is 1.88. The second-order valence-corrected chi connectivity index (χ2v) is 4.38. The van der Waals surface area contributed by atoms with E-state index in [9.17, 15) is 0 Å². The van der Waals surface area contributed by atoms with E-state index in [1.165, 1.54) is 4.88 Å². The second-order valence-electron chi connectivity index (χ2n) is 3.41. The second kappa shape index (κ2) is 4.58. The Morgan fingerprint density at radius 1 is 1.58 bits per heavy atom. The van der Waals surface area contributed by atoms with Gasteiger partial charge >= 0.3 is 0 Å². The maximum absolute atomic E-state index is 5.67. The molecule has 68 valence electrons. The first-order valence-corrected chi connectivity index (χ1v) is 5.19. The number of hydrogen-bond donors (Lipinski definition) is 1. The molecule has 0 saturated heterocycles. The Labute approximate surface area is 77.8 Å². The Morgan fingerprint density at radius 3 is 2.75 bits per heavy atom. The summed E-state index contributed by atoms with van der Waals surface area (Å²) >= 11 is 1.72. The van der Waals surface area contributed by atoms with Gasteiger partial charge in [-0.15, -0.1) is 11.3 Å². The molecule has 2 N–H and O–H groups in total. The summed E-state index contributed by atoms with van der Waals surface area (Å²) in [6, 6.07) is 0. The van der Waals surface area contributed by atoms with Crippen LogP contribution in [-0.4, -0.2) is 11.5 Å². The normalized spacial score (nSPS) is 13.7. The largest absolute Gasteiger partial charge is 0.330 e. The van der Waals surface area contributed by atoms with Crippen LogP contribution in [0.5, 0.6) is 0 Å². The van der Waals surface area contributed by atoms with Crippen LogP contribution in [0.25, 0.3) is 0 Å². The Balaban J connectivity index is 2.48. The predicted molar refractivity (Wildman–Crippen MR) is 53.2 cm³/mol. The zero-order valence-electron chi connectivity index (χ0n) is 7.66. The smallest absolute Gasteiger partial charge is 0.0794 e. The summed E-state index contributed by atoms with van der Waals surface area (Å²) in [5, 5.41) is 0. The van der Waals surface area contributed by atoms with Gasteiger partial charge in [0.1, 0.15) is 0 Å². The number of nitrogens with two attached hydrogens (primary N) is 1. The molecule has 0 amide bonds. The van der Waals surface area contributed by atoms with Crippen LogP contribution in [0, 0.1) is 11.8 Å². The molecule has 0 fully saturated rings. The summed E-state index contributed by atoms with van der Waals surface area (Å²) in [5.41, 5.74) is 7.55. The van der Waals surface area contributed by atoms with Crippen molar-refractivity contribution in [1.29, 1.82) is 0 Å². The van der Waals surface area contributed by atoms with Gasteiger partial charge in [0.25, 0.3) is 0 Å². The van der Waals surface area contributed by atoms with Gasteiger partial charge in [0.05, 0.1) is 5.51 Å². The molecule has 1 heterocycles. The van der Waals surface area contributed by atoms with Gasteiger partial charge in [-0.05, 0) is 24.8 Å². The van der Waals surface area contributed by atoms with Crippen molar-refractivity contribution in [1.82, 2.24) is 4.98 Å². The third kappa shape index (κ3) is 2.57. The van der Waals surface area contributed by atoms with E-state index in [0.29, 0.717) is 11.8 Å². The van der Waals surface area contributed by atoms with Crippen molar-refractivity contribution in [3.63, 3.8) is 0 Å². The SMILES string of the molecule is CC(C)C(CN)Cc1cncs1. The molecule has 0 aliphatic heterocycles. The van der Waals surface area contributed by atoms with Gasteiger partial charge in [-0.2, -0.15) is 0 Å². The molecule has 3 heteroatoms. The quantitative estimate of drug-likeness (QED) is 0.776. The molecule has 0 aliphatic rings. The maximum atomic E-state index is 5.67. The van der Waals surface area contributed by atoms with Crippen LogP contribution in [-0.2, 0) is 6.42 Å². The highest BCUT2D eigenvalue weighted by molar-refractivity contribution is 7.09.